The van der Waals surface area contributed by atoms with E-state index in [1.54, 1.807) is 16.8 Å². The van der Waals surface area contributed by atoms with Crippen LogP contribution in [0.2, 0.25) is 0 Å². The topological polar surface area (TPSA) is 66.2 Å². The predicted molar refractivity (Wildman–Crippen MR) is 113 cm³/mol. The number of halogens is 1. The summed E-state index contributed by atoms with van der Waals surface area (Å²) in [7, 11) is 1.83. The number of piperazine rings is 1. The Bertz CT molecular complexity index is 1240. The second-order valence-corrected chi connectivity index (χ2v) is 7.73. The Morgan fingerprint density at radius 2 is 2.03 bits per heavy atom. The molecule has 7 heteroatoms. The van der Waals surface area contributed by atoms with E-state index in [2.05, 4.69) is 27.2 Å². The molecule has 0 amide bonds. The van der Waals surface area contributed by atoms with E-state index >= 15 is 0 Å². The molecule has 1 aliphatic rings. The first-order valence-electron chi connectivity index (χ1n) is 9.73. The number of aromatic nitrogens is 3. The molecule has 3 heterocycles. The number of benzene rings is 2. The fourth-order valence-corrected chi connectivity index (χ4v) is 4.07. The van der Waals surface area contributed by atoms with Crippen molar-refractivity contribution in [1.29, 1.82) is 0 Å². The summed E-state index contributed by atoms with van der Waals surface area (Å²) in [5, 5.41) is 19.8. The van der Waals surface area contributed by atoms with Crippen molar-refractivity contribution in [2.75, 3.05) is 24.5 Å². The van der Waals surface area contributed by atoms with E-state index in [0.717, 1.165) is 36.1 Å². The van der Waals surface area contributed by atoms with Gasteiger partial charge in [0.2, 0.25) is 0 Å². The van der Waals surface area contributed by atoms with Gasteiger partial charge >= 0.3 is 0 Å². The zero-order valence-corrected chi connectivity index (χ0v) is 16.4. The van der Waals surface area contributed by atoms with Gasteiger partial charge in [0, 0.05) is 67.0 Å². The van der Waals surface area contributed by atoms with E-state index in [0.29, 0.717) is 28.3 Å². The Morgan fingerprint density at radius 3 is 2.86 bits per heavy atom. The van der Waals surface area contributed by atoms with Gasteiger partial charge in [-0.3, -0.25) is 4.68 Å². The highest BCUT2D eigenvalue weighted by atomic mass is 19.1. The molecule has 0 spiro atoms. The first kappa shape index (κ1) is 17.9. The molecule has 2 aromatic heterocycles. The number of phenols is 1. The van der Waals surface area contributed by atoms with Crippen LogP contribution in [0.5, 0.6) is 5.75 Å². The van der Waals surface area contributed by atoms with Crippen molar-refractivity contribution in [2.24, 2.45) is 7.05 Å². The zero-order chi connectivity index (χ0) is 20.1. The number of aromatic hydroxyl groups is 1. The summed E-state index contributed by atoms with van der Waals surface area (Å²) in [6.07, 6.45) is 1.88. The summed E-state index contributed by atoms with van der Waals surface area (Å²) < 4.78 is 16.7. The average Bonchev–Trinajstić information content (AvgIpc) is 3.06. The molecule has 0 radical (unpaired) electrons. The Morgan fingerprint density at radius 1 is 1.17 bits per heavy atom. The Kier molecular flexibility index (Phi) is 4.13. The molecule has 0 bridgehead atoms. The normalized spacial score (nSPS) is 17.3. The molecule has 1 fully saturated rings. The number of phenolic OH excluding ortho intramolecular Hbond substituents is 1. The number of anilines is 1. The van der Waals surface area contributed by atoms with Crippen molar-refractivity contribution in [1.82, 2.24) is 20.1 Å². The SMILES string of the molecule is CC1CN(c2cc(F)c3nc(-c4cc5cn(C)nc5cc4O)ccc3c2)CCN1. The lowest BCUT2D eigenvalue weighted by molar-refractivity contribution is 0.478. The molecule has 6 nitrogen and oxygen atoms in total. The van der Waals surface area contributed by atoms with Gasteiger partial charge in [-0.2, -0.15) is 5.10 Å². The van der Waals surface area contributed by atoms with Gasteiger partial charge in [-0.15, -0.1) is 0 Å². The second-order valence-electron chi connectivity index (χ2n) is 7.73. The molecule has 1 aliphatic heterocycles. The van der Waals surface area contributed by atoms with Gasteiger partial charge in [-0.05, 0) is 31.2 Å². The fraction of sp³-hybridized carbons (Fsp3) is 0.273. The van der Waals surface area contributed by atoms with Crippen molar-refractivity contribution < 1.29 is 9.50 Å². The van der Waals surface area contributed by atoms with Crippen molar-refractivity contribution in [3.63, 3.8) is 0 Å². The van der Waals surface area contributed by atoms with Crippen molar-refractivity contribution in [3.05, 3.63) is 48.4 Å². The van der Waals surface area contributed by atoms with E-state index in [4.69, 9.17) is 0 Å². The average molecular weight is 391 g/mol. The van der Waals surface area contributed by atoms with Gasteiger partial charge < -0.3 is 15.3 Å². The number of nitrogens with one attached hydrogen (secondary N) is 1. The van der Waals surface area contributed by atoms with Crippen LogP contribution in [-0.4, -0.2) is 45.5 Å². The van der Waals surface area contributed by atoms with E-state index in [1.807, 2.05) is 37.5 Å². The van der Waals surface area contributed by atoms with E-state index < -0.39 is 0 Å². The van der Waals surface area contributed by atoms with Crippen LogP contribution in [0, 0.1) is 5.82 Å². The molecular formula is C22H22FN5O. The standard InChI is InChI=1S/C22H22FN5O/c1-13-11-28(6-5-24-13)16-7-14-3-4-19(25-22(14)18(23)9-16)17-8-15-12-27(2)26-20(15)10-21(17)29/h3-4,7-10,12-13,24,29H,5-6,11H2,1-2H3. The van der Waals surface area contributed by atoms with E-state index in [-0.39, 0.29) is 11.6 Å². The van der Waals surface area contributed by atoms with Gasteiger partial charge in [0.25, 0.3) is 0 Å². The summed E-state index contributed by atoms with van der Waals surface area (Å²) in [4.78, 5) is 6.72. The molecule has 4 aromatic rings. The lowest BCUT2D eigenvalue weighted by Crippen LogP contribution is -2.49. The molecule has 1 saturated heterocycles. The van der Waals surface area contributed by atoms with E-state index in [1.165, 1.54) is 0 Å². The van der Waals surface area contributed by atoms with Crippen LogP contribution in [0.4, 0.5) is 10.1 Å². The lowest BCUT2D eigenvalue weighted by Gasteiger charge is -2.33. The zero-order valence-electron chi connectivity index (χ0n) is 16.4. The van der Waals surface area contributed by atoms with Crippen molar-refractivity contribution in [2.45, 2.75) is 13.0 Å². The van der Waals surface area contributed by atoms with Crippen LogP contribution in [0.1, 0.15) is 6.92 Å². The van der Waals surface area contributed by atoms with Gasteiger partial charge in [0.05, 0.1) is 11.2 Å². The number of fused-ring (bicyclic) bond motifs is 2. The third-order valence-electron chi connectivity index (χ3n) is 5.48. The highest BCUT2D eigenvalue weighted by molar-refractivity contribution is 5.90. The Balaban J connectivity index is 1.58. The molecular weight excluding hydrogens is 369 g/mol. The second kappa shape index (κ2) is 6.70. The number of aryl methyl sites for hydroxylation is 1. The molecule has 5 rings (SSSR count). The molecule has 2 N–H and O–H groups in total. The smallest absolute Gasteiger partial charge is 0.151 e. The summed E-state index contributed by atoms with van der Waals surface area (Å²) in [5.74, 6) is -0.276. The molecule has 148 valence electrons. The summed E-state index contributed by atoms with van der Waals surface area (Å²) in [6.45, 7) is 4.70. The molecule has 29 heavy (non-hydrogen) atoms. The van der Waals surface area contributed by atoms with Gasteiger partial charge in [-0.25, -0.2) is 9.37 Å². The summed E-state index contributed by atoms with van der Waals surface area (Å²) in [5.41, 5.74) is 2.98. The van der Waals surface area contributed by atoms with Crippen LogP contribution < -0.4 is 10.2 Å². The number of nitrogens with zero attached hydrogens (tertiary/aromatic N) is 4. The molecule has 1 unspecified atom stereocenters. The van der Waals surface area contributed by atoms with Crippen LogP contribution in [0.3, 0.4) is 0 Å². The van der Waals surface area contributed by atoms with Crippen LogP contribution in [-0.2, 0) is 7.05 Å². The summed E-state index contributed by atoms with van der Waals surface area (Å²) >= 11 is 0. The predicted octanol–water partition coefficient (Wildman–Crippen LogP) is 3.43. The maximum atomic E-state index is 15.0. The third kappa shape index (κ3) is 3.17. The molecule has 0 aliphatic carbocycles. The minimum absolute atomic E-state index is 0.0786. The number of hydrogen-bond donors (Lipinski definition) is 2. The highest BCUT2D eigenvalue weighted by Crippen LogP contribution is 2.34. The van der Waals surface area contributed by atoms with Crippen LogP contribution in [0.15, 0.2) is 42.6 Å². The highest BCUT2D eigenvalue weighted by Gasteiger charge is 2.18. The quantitative estimate of drug-likeness (QED) is 0.548. The number of hydrogen-bond acceptors (Lipinski definition) is 5. The summed E-state index contributed by atoms with van der Waals surface area (Å²) in [6, 6.07) is 11.0. The molecule has 2 aromatic carbocycles. The number of pyridine rings is 1. The fourth-order valence-electron chi connectivity index (χ4n) is 4.07. The third-order valence-corrected chi connectivity index (χ3v) is 5.48. The van der Waals surface area contributed by atoms with Crippen molar-refractivity contribution in [3.8, 4) is 17.0 Å². The van der Waals surface area contributed by atoms with Crippen LogP contribution in [0.25, 0.3) is 33.1 Å². The maximum absolute atomic E-state index is 15.0. The lowest BCUT2D eigenvalue weighted by atomic mass is 10.1. The first-order chi connectivity index (χ1) is 14.0. The first-order valence-corrected chi connectivity index (χ1v) is 9.73. The molecule has 1 atom stereocenters. The minimum atomic E-state index is -0.354. The van der Waals surface area contributed by atoms with Gasteiger partial charge in [-0.1, -0.05) is 6.07 Å². The van der Waals surface area contributed by atoms with Gasteiger partial charge in [0.15, 0.2) is 5.82 Å². The Hall–Kier alpha value is -3.19. The number of rotatable bonds is 2. The van der Waals surface area contributed by atoms with E-state index in [9.17, 15) is 9.50 Å². The van der Waals surface area contributed by atoms with Gasteiger partial charge in [0.1, 0.15) is 11.3 Å². The molecule has 0 saturated carbocycles. The van der Waals surface area contributed by atoms with Crippen LogP contribution >= 0.6 is 0 Å². The van der Waals surface area contributed by atoms with Crippen molar-refractivity contribution >= 4 is 27.5 Å². The monoisotopic (exact) mass is 391 g/mol. The Labute approximate surface area is 167 Å². The maximum Gasteiger partial charge on any atom is 0.151 e. The minimum Gasteiger partial charge on any atom is -0.507 e. The largest absolute Gasteiger partial charge is 0.507 e.